The van der Waals surface area contributed by atoms with Gasteiger partial charge in [0.05, 0.1) is 12.2 Å². The molecule has 2 aromatic rings. The van der Waals surface area contributed by atoms with Crippen LogP contribution in [0.15, 0.2) is 48.7 Å². The molecule has 1 aliphatic rings. The number of nitrogens with one attached hydrogen (secondary N) is 1. The van der Waals surface area contributed by atoms with Crippen LogP contribution in [-0.4, -0.2) is 24.2 Å². The number of benzene rings is 1. The molecule has 2 unspecified atom stereocenters. The molecule has 0 bridgehead atoms. The fourth-order valence-corrected chi connectivity index (χ4v) is 2.39. The van der Waals surface area contributed by atoms with Crippen molar-refractivity contribution in [3.63, 3.8) is 0 Å². The average molecular weight is 314 g/mol. The van der Waals surface area contributed by atoms with E-state index in [0.717, 1.165) is 24.2 Å². The summed E-state index contributed by atoms with van der Waals surface area (Å²) in [7, 11) is 0. The van der Waals surface area contributed by atoms with E-state index in [1.807, 2.05) is 62.5 Å². The van der Waals surface area contributed by atoms with Crippen LogP contribution in [-0.2, 0) is 11.3 Å². The molecular formula is C19H26N2O2. The number of rotatable bonds is 4. The van der Waals surface area contributed by atoms with E-state index in [0.29, 0.717) is 12.5 Å². The number of pyridine rings is 1. The van der Waals surface area contributed by atoms with Crippen molar-refractivity contribution in [1.29, 1.82) is 0 Å². The molecule has 2 heterocycles. The van der Waals surface area contributed by atoms with Crippen LogP contribution in [0.2, 0.25) is 0 Å². The predicted octanol–water partition coefficient (Wildman–Crippen LogP) is 3.74. The Morgan fingerprint density at radius 2 is 1.91 bits per heavy atom. The van der Waals surface area contributed by atoms with Gasteiger partial charge in [0.15, 0.2) is 0 Å². The van der Waals surface area contributed by atoms with Crippen LogP contribution in [0.4, 0.5) is 0 Å². The minimum absolute atomic E-state index is 0.0735. The second kappa shape index (κ2) is 9.28. The van der Waals surface area contributed by atoms with Gasteiger partial charge in [-0.3, -0.25) is 0 Å². The van der Waals surface area contributed by atoms with Crippen LogP contribution in [0.3, 0.4) is 0 Å². The van der Waals surface area contributed by atoms with Crippen LogP contribution >= 0.6 is 0 Å². The zero-order valence-corrected chi connectivity index (χ0v) is 14.2. The first kappa shape index (κ1) is 17.4. The van der Waals surface area contributed by atoms with Gasteiger partial charge in [-0.15, -0.1) is 0 Å². The molecule has 1 aromatic heterocycles. The minimum Gasteiger partial charge on any atom is -0.473 e. The number of hydrogen-bond donors (Lipinski definition) is 1. The van der Waals surface area contributed by atoms with E-state index in [2.05, 4.69) is 17.2 Å². The Morgan fingerprint density at radius 3 is 2.57 bits per heavy atom. The summed E-state index contributed by atoms with van der Waals surface area (Å²) in [5.41, 5.74) is 2.22. The monoisotopic (exact) mass is 314 g/mol. The van der Waals surface area contributed by atoms with Crippen molar-refractivity contribution in [2.24, 2.45) is 0 Å². The van der Waals surface area contributed by atoms with E-state index in [1.165, 1.54) is 0 Å². The molecule has 3 rings (SSSR count). The van der Waals surface area contributed by atoms with E-state index in [1.54, 1.807) is 0 Å². The van der Waals surface area contributed by atoms with Crippen LogP contribution in [0.5, 0.6) is 5.88 Å². The van der Waals surface area contributed by atoms with Gasteiger partial charge in [0.25, 0.3) is 0 Å². The third-order valence-electron chi connectivity index (χ3n) is 3.52. The highest BCUT2D eigenvalue weighted by atomic mass is 16.5. The second-order valence-corrected chi connectivity index (χ2v) is 5.30. The summed E-state index contributed by atoms with van der Waals surface area (Å²) in [4.78, 5) is 4.36. The van der Waals surface area contributed by atoms with Gasteiger partial charge in [-0.25, -0.2) is 4.98 Å². The van der Waals surface area contributed by atoms with Crippen LogP contribution < -0.4 is 10.1 Å². The molecule has 23 heavy (non-hydrogen) atoms. The maximum Gasteiger partial charge on any atom is 0.213 e. The highest BCUT2D eigenvalue weighted by Crippen LogP contribution is 2.22. The van der Waals surface area contributed by atoms with Gasteiger partial charge in [-0.1, -0.05) is 44.2 Å². The maximum atomic E-state index is 5.90. The zero-order chi connectivity index (χ0) is 16.5. The number of hydrogen-bond acceptors (Lipinski definition) is 4. The molecule has 124 valence electrons. The lowest BCUT2D eigenvalue weighted by atomic mass is 10.1. The van der Waals surface area contributed by atoms with E-state index in [-0.39, 0.29) is 12.2 Å². The lowest BCUT2D eigenvalue weighted by molar-refractivity contribution is -0.0289. The molecule has 1 saturated heterocycles. The molecule has 1 aliphatic heterocycles. The number of nitrogens with zero attached hydrogens (tertiary/aromatic N) is 1. The highest BCUT2D eigenvalue weighted by molar-refractivity contribution is 5.21. The Hall–Kier alpha value is -1.91. The molecular weight excluding hydrogens is 288 g/mol. The molecule has 0 aliphatic carbocycles. The maximum absolute atomic E-state index is 5.90. The number of morpholine rings is 1. The van der Waals surface area contributed by atoms with Crippen molar-refractivity contribution < 1.29 is 9.47 Å². The summed E-state index contributed by atoms with van der Waals surface area (Å²) in [5, 5.41) is 3.36. The molecule has 1 N–H and O–H groups in total. The molecule has 4 heteroatoms. The van der Waals surface area contributed by atoms with Crippen molar-refractivity contribution in [2.75, 3.05) is 13.1 Å². The summed E-state index contributed by atoms with van der Waals surface area (Å²) in [6.45, 7) is 8.34. The van der Waals surface area contributed by atoms with Gasteiger partial charge in [0, 0.05) is 30.9 Å². The Kier molecular flexibility index (Phi) is 7.04. The third-order valence-corrected chi connectivity index (χ3v) is 3.52. The Morgan fingerprint density at radius 1 is 1.13 bits per heavy atom. The largest absolute Gasteiger partial charge is 0.473 e. The first-order valence-electron chi connectivity index (χ1n) is 8.30. The fraction of sp³-hybridized carbons (Fsp3) is 0.421. The van der Waals surface area contributed by atoms with E-state index < -0.39 is 0 Å². The Bertz CT molecular complexity index is 557. The third kappa shape index (κ3) is 5.34. The van der Waals surface area contributed by atoms with Gasteiger partial charge >= 0.3 is 0 Å². The van der Waals surface area contributed by atoms with Gasteiger partial charge in [0.2, 0.25) is 5.88 Å². The standard InChI is InChI=1S/C17H20N2O2.C2H6/c1-13-9-18-11-16(21-13)15-7-8-17(19-10-15)20-12-14-5-3-2-4-6-14;1-2/h2-8,10,13,16,18H,9,11-12H2,1H3;1-2H3. The van der Waals surface area contributed by atoms with Crippen molar-refractivity contribution in [3.05, 3.63) is 59.8 Å². The van der Waals surface area contributed by atoms with Crippen LogP contribution in [0.25, 0.3) is 0 Å². The van der Waals surface area contributed by atoms with Gasteiger partial charge < -0.3 is 14.8 Å². The molecule has 4 nitrogen and oxygen atoms in total. The van der Waals surface area contributed by atoms with E-state index in [9.17, 15) is 0 Å². The summed E-state index contributed by atoms with van der Waals surface area (Å²) >= 11 is 0. The Balaban J connectivity index is 0.000000924. The molecule has 1 fully saturated rings. The molecule has 2 atom stereocenters. The summed E-state index contributed by atoms with van der Waals surface area (Å²) in [5.74, 6) is 0.638. The van der Waals surface area contributed by atoms with Crippen LogP contribution in [0.1, 0.15) is 38.0 Å². The normalized spacial score (nSPS) is 20.3. The number of ether oxygens (including phenoxy) is 2. The summed E-state index contributed by atoms with van der Waals surface area (Å²) in [6, 6.07) is 14.0. The SMILES string of the molecule is CC.CC1CNCC(c2ccc(OCc3ccccc3)nc2)O1. The average Bonchev–Trinajstić information content (AvgIpc) is 2.63. The first-order valence-corrected chi connectivity index (χ1v) is 8.30. The first-order chi connectivity index (χ1) is 11.3. The fourth-order valence-electron chi connectivity index (χ4n) is 2.39. The zero-order valence-electron chi connectivity index (χ0n) is 14.2. The molecule has 0 saturated carbocycles. The quantitative estimate of drug-likeness (QED) is 0.933. The summed E-state index contributed by atoms with van der Waals surface area (Å²) < 4.78 is 11.6. The van der Waals surface area contributed by atoms with Crippen molar-refractivity contribution in [3.8, 4) is 5.88 Å². The van der Waals surface area contributed by atoms with E-state index in [4.69, 9.17) is 9.47 Å². The lowest BCUT2D eigenvalue weighted by Crippen LogP contribution is -2.38. The highest BCUT2D eigenvalue weighted by Gasteiger charge is 2.20. The lowest BCUT2D eigenvalue weighted by Gasteiger charge is -2.28. The van der Waals surface area contributed by atoms with Gasteiger partial charge in [0.1, 0.15) is 6.61 Å². The topological polar surface area (TPSA) is 43.4 Å². The molecule has 0 amide bonds. The second-order valence-electron chi connectivity index (χ2n) is 5.30. The summed E-state index contributed by atoms with van der Waals surface area (Å²) in [6.07, 6.45) is 2.15. The van der Waals surface area contributed by atoms with Crippen molar-refractivity contribution in [2.45, 2.75) is 39.6 Å². The van der Waals surface area contributed by atoms with Crippen LogP contribution in [0, 0.1) is 0 Å². The predicted molar refractivity (Wildman–Crippen MR) is 92.5 cm³/mol. The minimum atomic E-state index is 0.0735. The number of aromatic nitrogens is 1. The smallest absolute Gasteiger partial charge is 0.213 e. The molecule has 0 radical (unpaired) electrons. The van der Waals surface area contributed by atoms with Crippen molar-refractivity contribution in [1.82, 2.24) is 10.3 Å². The molecule has 1 aromatic carbocycles. The van der Waals surface area contributed by atoms with E-state index >= 15 is 0 Å². The van der Waals surface area contributed by atoms with Gasteiger partial charge in [-0.2, -0.15) is 0 Å². The Labute approximate surface area is 138 Å². The van der Waals surface area contributed by atoms with Gasteiger partial charge in [-0.05, 0) is 18.6 Å². The van der Waals surface area contributed by atoms with Crippen molar-refractivity contribution >= 4 is 0 Å². The molecule has 0 spiro atoms.